The molecule has 21 heavy (non-hydrogen) atoms. The van der Waals surface area contributed by atoms with Crippen molar-refractivity contribution in [2.45, 2.75) is 83.6 Å². The molecule has 1 aromatic rings. The highest BCUT2D eigenvalue weighted by Gasteiger charge is 2.27. The van der Waals surface area contributed by atoms with E-state index in [2.05, 4.69) is 31.2 Å². The average molecular weight is 293 g/mol. The van der Waals surface area contributed by atoms with Crippen LogP contribution in [0.2, 0.25) is 0 Å². The van der Waals surface area contributed by atoms with Crippen molar-refractivity contribution in [3.63, 3.8) is 0 Å². The molecule has 0 amide bonds. The van der Waals surface area contributed by atoms with E-state index in [-0.39, 0.29) is 5.92 Å². The fraction of sp³-hybridized carbons (Fsp3) is 0.882. The van der Waals surface area contributed by atoms with E-state index in [0.29, 0.717) is 12.0 Å². The van der Waals surface area contributed by atoms with Crippen LogP contribution in [0.5, 0.6) is 0 Å². The van der Waals surface area contributed by atoms with Crippen molar-refractivity contribution in [2.75, 3.05) is 7.05 Å². The molecule has 4 nitrogen and oxygen atoms in total. The van der Waals surface area contributed by atoms with Crippen molar-refractivity contribution >= 4 is 0 Å². The Balaban J connectivity index is 1.94. The van der Waals surface area contributed by atoms with Gasteiger partial charge in [0.2, 0.25) is 5.89 Å². The van der Waals surface area contributed by atoms with Crippen LogP contribution in [0.1, 0.15) is 89.3 Å². The summed E-state index contributed by atoms with van der Waals surface area (Å²) >= 11 is 0. The van der Waals surface area contributed by atoms with Gasteiger partial charge in [-0.15, -0.1) is 0 Å². The fourth-order valence-corrected chi connectivity index (χ4v) is 3.70. The van der Waals surface area contributed by atoms with Crippen LogP contribution in [0.15, 0.2) is 4.52 Å². The second-order valence-corrected chi connectivity index (χ2v) is 6.59. The van der Waals surface area contributed by atoms with Crippen LogP contribution in [0.3, 0.4) is 0 Å². The van der Waals surface area contributed by atoms with E-state index in [4.69, 9.17) is 9.51 Å². The summed E-state index contributed by atoms with van der Waals surface area (Å²) in [5.74, 6) is 3.44. The van der Waals surface area contributed by atoms with Crippen molar-refractivity contribution in [1.29, 1.82) is 0 Å². The first-order chi connectivity index (χ1) is 10.2. The summed E-state index contributed by atoms with van der Waals surface area (Å²) in [6.07, 6.45) is 8.85. The van der Waals surface area contributed by atoms with Crippen LogP contribution < -0.4 is 5.32 Å². The van der Waals surface area contributed by atoms with Gasteiger partial charge in [-0.05, 0) is 45.1 Å². The largest absolute Gasteiger partial charge is 0.339 e. The highest BCUT2D eigenvalue weighted by molar-refractivity contribution is 5.02. The molecular formula is C17H31N3O. The van der Waals surface area contributed by atoms with E-state index in [1.165, 1.54) is 38.5 Å². The monoisotopic (exact) mass is 293 g/mol. The van der Waals surface area contributed by atoms with Crippen LogP contribution in [-0.4, -0.2) is 23.2 Å². The second kappa shape index (κ2) is 7.92. The summed E-state index contributed by atoms with van der Waals surface area (Å²) in [4.78, 5) is 4.70. The van der Waals surface area contributed by atoms with Gasteiger partial charge in [-0.1, -0.05) is 38.8 Å². The SMILES string of the molecule is CCCC1CCC(c2noc(C(C)C(CC)NC)n2)CC1. The first kappa shape index (κ1) is 16.5. The van der Waals surface area contributed by atoms with Crippen LogP contribution in [0, 0.1) is 5.92 Å². The molecule has 0 radical (unpaired) electrons. The van der Waals surface area contributed by atoms with E-state index in [0.717, 1.165) is 24.1 Å². The Hall–Kier alpha value is -0.900. The Labute approximate surface area is 129 Å². The van der Waals surface area contributed by atoms with Crippen LogP contribution in [0.25, 0.3) is 0 Å². The third-order valence-corrected chi connectivity index (χ3v) is 5.17. The molecule has 1 aromatic heterocycles. The first-order valence-corrected chi connectivity index (χ1v) is 8.70. The molecule has 1 aliphatic carbocycles. The number of hydrogen-bond donors (Lipinski definition) is 1. The van der Waals surface area contributed by atoms with Gasteiger partial charge in [0.25, 0.3) is 0 Å². The normalized spacial score (nSPS) is 25.7. The van der Waals surface area contributed by atoms with Crippen LogP contribution >= 0.6 is 0 Å². The summed E-state index contributed by atoms with van der Waals surface area (Å²) in [6, 6.07) is 0.401. The van der Waals surface area contributed by atoms with Gasteiger partial charge in [-0.2, -0.15) is 4.98 Å². The number of hydrogen-bond acceptors (Lipinski definition) is 4. The zero-order valence-electron chi connectivity index (χ0n) is 14.1. The number of nitrogens with zero attached hydrogens (tertiary/aromatic N) is 2. The summed E-state index contributed by atoms with van der Waals surface area (Å²) in [7, 11) is 2.00. The third-order valence-electron chi connectivity index (χ3n) is 5.17. The number of aromatic nitrogens is 2. The van der Waals surface area contributed by atoms with Crippen molar-refractivity contribution in [1.82, 2.24) is 15.5 Å². The standard InChI is InChI=1S/C17H31N3O/c1-5-7-13-8-10-14(11-9-13)16-19-17(21-20-16)12(3)15(6-2)18-4/h12-15,18H,5-11H2,1-4H3. The van der Waals surface area contributed by atoms with Gasteiger partial charge < -0.3 is 9.84 Å². The highest BCUT2D eigenvalue weighted by Crippen LogP contribution is 2.36. The topological polar surface area (TPSA) is 51.0 Å². The minimum atomic E-state index is 0.276. The minimum absolute atomic E-state index is 0.276. The van der Waals surface area contributed by atoms with Crippen molar-refractivity contribution < 1.29 is 4.52 Å². The maximum absolute atomic E-state index is 5.54. The van der Waals surface area contributed by atoms with Crippen LogP contribution in [-0.2, 0) is 0 Å². The average Bonchev–Trinajstić information content (AvgIpc) is 2.99. The Bertz CT molecular complexity index is 406. The summed E-state index contributed by atoms with van der Waals surface area (Å²) in [5, 5.41) is 7.60. The zero-order chi connectivity index (χ0) is 15.2. The number of rotatable bonds is 7. The summed E-state index contributed by atoms with van der Waals surface area (Å²) in [6.45, 7) is 6.63. The molecule has 0 aromatic carbocycles. The molecule has 1 fully saturated rings. The Morgan fingerprint density at radius 3 is 2.52 bits per heavy atom. The predicted molar refractivity (Wildman–Crippen MR) is 85.5 cm³/mol. The molecule has 1 saturated carbocycles. The summed E-state index contributed by atoms with van der Waals surface area (Å²) < 4.78 is 5.54. The van der Waals surface area contributed by atoms with Gasteiger partial charge in [-0.3, -0.25) is 0 Å². The molecule has 1 N–H and O–H groups in total. The molecular weight excluding hydrogens is 262 g/mol. The van der Waals surface area contributed by atoms with E-state index in [1.807, 2.05) is 7.05 Å². The molecule has 1 heterocycles. The maximum atomic E-state index is 5.54. The summed E-state index contributed by atoms with van der Waals surface area (Å²) in [5.41, 5.74) is 0. The Morgan fingerprint density at radius 2 is 1.95 bits per heavy atom. The molecule has 1 aliphatic rings. The first-order valence-electron chi connectivity index (χ1n) is 8.70. The van der Waals surface area contributed by atoms with E-state index < -0.39 is 0 Å². The highest BCUT2D eigenvalue weighted by atomic mass is 16.5. The smallest absolute Gasteiger partial charge is 0.231 e. The number of nitrogens with one attached hydrogen (secondary N) is 1. The molecule has 0 aliphatic heterocycles. The molecule has 0 spiro atoms. The molecule has 0 saturated heterocycles. The molecule has 4 heteroatoms. The van der Waals surface area contributed by atoms with Crippen molar-refractivity contribution in [2.24, 2.45) is 5.92 Å². The van der Waals surface area contributed by atoms with Gasteiger partial charge in [0.1, 0.15) is 0 Å². The molecule has 120 valence electrons. The lowest BCUT2D eigenvalue weighted by atomic mass is 9.80. The van der Waals surface area contributed by atoms with Gasteiger partial charge in [0, 0.05) is 12.0 Å². The maximum Gasteiger partial charge on any atom is 0.231 e. The van der Waals surface area contributed by atoms with E-state index in [1.54, 1.807) is 0 Å². The Morgan fingerprint density at radius 1 is 1.24 bits per heavy atom. The van der Waals surface area contributed by atoms with Crippen LogP contribution in [0.4, 0.5) is 0 Å². The quantitative estimate of drug-likeness (QED) is 0.816. The van der Waals surface area contributed by atoms with Crippen molar-refractivity contribution in [3.8, 4) is 0 Å². The fourth-order valence-electron chi connectivity index (χ4n) is 3.70. The lowest BCUT2D eigenvalue weighted by Gasteiger charge is -2.26. The van der Waals surface area contributed by atoms with Gasteiger partial charge >= 0.3 is 0 Å². The zero-order valence-corrected chi connectivity index (χ0v) is 14.1. The van der Waals surface area contributed by atoms with Gasteiger partial charge in [-0.25, -0.2) is 0 Å². The predicted octanol–water partition coefficient (Wildman–Crippen LogP) is 4.25. The Kier molecular flexibility index (Phi) is 6.22. The lowest BCUT2D eigenvalue weighted by molar-refractivity contribution is 0.291. The molecule has 2 rings (SSSR count). The van der Waals surface area contributed by atoms with Gasteiger partial charge in [0.05, 0.1) is 5.92 Å². The van der Waals surface area contributed by atoms with E-state index >= 15 is 0 Å². The number of likely N-dealkylation sites (N-methyl/N-ethyl adjacent to an activating group) is 1. The van der Waals surface area contributed by atoms with E-state index in [9.17, 15) is 0 Å². The lowest BCUT2D eigenvalue weighted by Crippen LogP contribution is -2.30. The van der Waals surface area contributed by atoms with Gasteiger partial charge in [0.15, 0.2) is 5.82 Å². The van der Waals surface area contributed by atoms with Crippen molar-refractivity contribution in [3.05, 3.63) is 11.7 Å². The third kappa shape index (κ3) is 4.06. The molecule has 0 bridgehead atoms. The second-order valence-electron chi connectivity index (χ2n) is 6.59. The minimum Gasteiger partial charge on any atom is -0.339 e. The molecule has 2 atom stereocenters. The molecule has 2 unspecified atom stereocenters.